The van der Waals surface area contributed by atoms with Crippen LogP contribution in [0.15, 0.2) is 48.5 Å². The summed E-state index contributed by atoms with van der Waals surface area (Å²) in [5, 5.41) is 6.55. The molecule has 0 aliphatic carbocycles. The number of carbonyl (C=O) groups is 1. The Balaban J connectivity index is 1.89. The Kier molecular flexibility index (Phi) is 6.29. The number of hydrogen-bond donors (Lipinski definition) is 2. The second kappa shape index (κ2) is 8.44. The van der Waals surface area contributed by atoms with Crippen molar-refractivity contribution >= 4 is 28.9 Å². The topological polar surface area (TPSA) is 50.4 Å². The summed E-state index contributed by atoms with van der Waals surface area (Å²) in [5.74, 6) is 1.06. The minimum absolute atomic E-state index is 0.133. The first-order chi connectivity index (χ1) is 11.0. The van der Waals surface area contributed by atoms with Gasteiger partial charge in [-0.1, -0.05) is 37.6 Å². The number of rotatable bonds is 7. The highest BCUT2D eigenvalue weighted by Crippen LogP contribution is 2.24. The van der Waals surface area contributed by atoms with E-state index >= 15 is 0 Å². The second-order valence-electron chi connectivity index (χ2n) is 5.61. The van der Waals surface area contributed by atoms with Crippen molar-refractivity contribution in [3.63, 3.8) is 0 Å². The molecule has 2 aromatic carbocycles. The Hall–Kier alpha value is -2.20. The number of para-hydroxylation sites is 2. The fraction of sp³-hybridized carbons (Fsp3) is 0.278. The highest BCUT2D eigenvalue weighted by Gasteiger charge is 2.07. The lowest BCUT2D eigenvalue weighted by Gasteiger charge is -2.14. The Morgan fingerprint density at radius 1 is 1.13 bits per heavy atom. The quantitative estimate of drug-likeness (QED) is 0.788. The molecule has 5 heteroatoms. The van der Waals surface area contributed by atoms with Crippen LogP contribution in [0.1, 0.15) is 13.8 Å². The first-order valence-corrected chi connectivity index (χ1v) is 7.93. The molecule has 0 aromatic heterocycles. The SMILES string of the molecule is CC(C)COc1ccccc1NCC(=O)Nc1ccc(Cl)cc1. The zero-order valence-electron chi connectivity index (χ0n) is 13.3. The zero-order valence-corrected chi connectivity index (χ0v) is 14.1. The van der Waals surface area contributed by atoms with Crippen LogP contribution in [0, 0.1) is 5.92 Å². The molecule has 23 heavy (non-hydrogen) atoms. The summed E-state index contributed by atoms with van der Waals surface area (Å²) >= 11 is 5.82. The molecular weight excluding hydrogens is 312 g/mol. The molecule has 0 aliphatic rings. The van der Waals surface area contributed by atoms with Crippen LogP contribution in [0.5, 0.6) is 5.75 Å². The van der Waals surface area contributed by atoms with Crippen LogP contribution in [-0.4, -0.2) is 19.1 Å². The number of hydrogen-bond acceptors (Lipinski definition) is 3. The van der Waals surface area contributed by atoms with E-state index in [2.05, 4.69) is 24.5 Å². The van der Waals surface area contributed by atoms with Gasteiger partial charge in [-0.2, -0.15) is 0 Å². The summed E-state index contributed by atoms with van der Waals surface area (Å²) in [5.41, 5.74) is 1.52. The third-order valence-electron chi connectivity index (χ3n) is 3.03. The Labute approximate surface area is 141 Å². The van der Waals surface area contributed by atoms with Gasteiger partial charge in [-0.3, -0.25) is 4.79 Å². The largest absolute Gasteiger partial charge is 0.491 e. The van der Waals surface area contributed by atoms with Crippen LogP contribution in [0.3, 0.4) is 0 Å². The first kappa shape index (κ1) is 17.2. The highest BCUT2D eigenvalue weighted by atomic mass is 35.5. The van der Waals surface area contributed by atoms with E-state index in [0.29, 0.717) is 23.2 Å². The standard InChI is InChI=1S/C18H21ClN2O2/c1-13(2)12-23-17-6-4-3-5-16(17)20-11-18(22)21-15-9-7-14(19)8-10-15/h3-10,13,20H,11-12H2,1-2H3,(H,21,22). The zero-order chi connectivity index (χ0) is 16.7. The van der Waals surface area contributed by atoms with Crippen LogP contribution in [0.2, 0.25) is 5.02 Å². The maximum atomic E-state index is 12.0. The molecule has 0 atom stereocenters. The van der Waals surface area contributed by atoms with Crippen molar-refractivity contribution in [2.24, 2.45) is 5.92 Å². The van der Waals surface area contributed by atoms with E-state index in [1.54, 1.807) is 24.3 Å². The highest BCUT2D eigenvalue weighted by molar-refractivity contribution is 6.30. The molecule has 0 saturated carbocycles. The summed E-state index contributed by atoms with van der Waals surface area (Å²) in [6.07, 6.45) is 0. The average molecular weight is 333 g/mol. The number of nitrogens with one attached hydrogen (secondary N) is 2. The van der Waals surface area contributed by atoms with E-state index in [9.17, 15) is 4.79 Å². The lowest BCUT2D eigenvalue weighted by molar-refractivity contribution is -0.114. The Morgan fingerprint density at radius 3 is 2.52 bits per heavy atom. The number of ether oxygens (including phenoxy) is 1. The summed E-state index contributed by atoms with van der Waals surface area (Å²) in [7, 11) is 0. The molecule has 0 fully saturated rings. The maximum Gasteiger partial charge on any atom is 0.243 e. The molecule has 1 amide bonds. The third-order valence-corrected chi connectivity index (χ3v) is 3.28. The monoisotopic (exact) mass is 332 g/mol. The molecule has 0 aliphatic heterocycles. The normalized spacial score (nSPS) is 10.4. The molecule has 0 unspecified atom stereocenters. The van der Waals surface area contributed by atoms with Gasteiger partial charge < -0.3 is 15.4 Å². The maximum absolute atomic E-state index is 12.0. The fourth-order valence-electron chi connectivity index (χ4n) is 1.91. The van der Waals surface area contributed by atoms with Crippen molar-refractivity contribution < 1.29 is 9.53 Å². The summed E-state index contributed by atoms with van der Waals surface area (Å²) in [6.45, 7) is 4.98. The van der Waals surface area contributed by atoms with Crippen molar-refractivity contribution in [1.29, 1.82) is 0 Å². The lowest BCUT2D eigenvalue weighted by Crippen LogP contribution is -2.22. The smallest absolute Gasteiger partial charge is 0.243 e. The van der Waals surface area contributed by atoms with Crippen LogP contribution in [0.4, 0.5) is 11.4 Å². The minimum Gasteiger partial charge on any atom is -0.491 e. The van der Waals surface area contributed by atoms with Crippen molar-refractivity contribution in [3.8, 4) is 5.75 Å². The van der Waals surface area contributed by atoms with Crippen molar-refractivity contribution in [2.75, 3.05) is 23.8 Å². The Morgan fingerprint density at radius 2 is 1.83 bits per heavy atom. The predicted octanol–water partition coefficient (Wildman–Crippen LogP) is 4.43. The van der Waals surface area contributed by atoms with E-state index in [0.717, 1.165) is 11.4 Å². The van der Waals surface area contributed by atoms with Gasteiger partial charge in [0.15, 0.2) is 0 Å². The predicted molar refractivity (Wildman–Crippen MR) is 95.3 cm³/mol. The van der Waals surface area contributed by atoms with Gasteiger partial charge in [-0.05, 0) is 42.3 Å². The van der Waals surface area contributed by atoms with Gasteiger partial charge >= 0.3 is 0 Å². The molecule has 0 heterocycles. The van der Waals surface area contributed by atoms with Gasteiger partial charge in [-0.15, -0.1) is 0 Å². The second-order valence-corrected chi connectivity index (χ2v) is 6.05. The van der Waals surface area contributed by atoms with Gasteiger partial charge in [0.1, 0.15) is 5.75 Å². The average Bonchev–Trinajstić information content (AvgIpc) is 2.54. The molecule has 122 valence electrons. The van der Waals surface area contributed by atoms with E-state index < -0.39 is 0 Å². The van der Waals surface area contributed by atoms with Crippen LogP contribution in [0.25, 0.3) is 0 Å². The number of benzene rings is 2. The van der Waals surface area contributed by atoms with E-state index in [-0.39, 0.29) is 12.5 Å². The van der Waals surface area contributed by atoms with Gasteiger partial charge in [0.2, 0.25) is 5.91 Å². The molecule has 0 bridgehead atoms. The molecule has 2 N–H and O–H groups in total. The lowest BCUT2D eigenvalue weighted by atomic mass is 10.2. The number of halogens is 1. The van der Waals surface area contributed by atoms with Crippen molar-refractivity contribution in [3.05, 3.63) is 53.6 Å². The molecule has 0 saturated heterocycles. The van der Waals surface area contributed by atoms with Gasteiger partial charge in [0.25, 0.3) is 0 Å². The summed E-state index contributed by atoms with van der Waals surface area (Å²) in [4.78, 5) is 12.0. The Bertz CT molecular complexity index is 642. The third kappa shape index (κ3) is 5.83. The molecular formula is C18H21ClN2O2. The minimum atomic E-state index is -0.133. The molecule has 0 radical (unpaired) electrons. The number of anilines is 2. The first-order valence-electron chi connectivity index (χ1n) is 7.55. The van der Waals surface area contributed by atoms with Crippen LogP contribution >= 0.6 is 11.6 Å². The fourth-order valence-corrected chi connectivity index (χ4v) is 2.03. The summed E-state index contributed by atoms with van der Waals surface area (Å²) in [6, 6.07) is 14.6. The number of carbonyl (C=O) groups excluding carboxylic acids is 1. The van der Waals surface area contributed by atoms with Gasteiger partial charge in [0.05, 0.1) is 18.8 Å². The molecule has 0 spiro atoms. The van der Waals surface area contributed by atoms with Crippen LogP contribution in [-0.2, 0) is 4.79 Å². The van der Waals surface area contributed by atoms with Crippen LogP contribution < -0.4 is 15.4 Å². The van der Waals surface area contributed by atoms with Gasteiger partial charge in [-0.25, -0.2) is 0 Å². The van der Waals surface area contributed by atoms with Crippen molar-refractivity contribution in [2.45, 2.75) is 13.8 Å². The molecule has 4 nitrogen and oxygen atoms in total. The molecule has 2 rings (SSSR count). The van der Waals surface area contributed by atoms with E-state index in [4.69, 9.17) is 16.3 Å². The number of amides is 1. The molecule has 2 aromatic rings. The van der Waals surface area contributed by atoms with Gasteiger partial charge in [0, 0.05) is 10.7 Å². The summed E-state index contributed by atoms with van der Waals surface area (Å²) < 4.78 is 5.75. The van der Waals surface area contributed by atoms with Crippen molar-refractivity contribution in [1.82, 2.24) is 0 Å². The van der Waals surface area contributed by atoms with E-state index in [1.807, 2.05) is 24.3 Å². The van der Waals surface area contributed by atoms with E-state index in [1.165, 1.54) is 0 Å².